The summed E-state index contributed by atoms with van der Waals surface area (Å²) in [5.74, 6) is 0.802. The Morgan fingerprint density at radius 3 is 2.73 bits per heavy atom. The fourth-order valence-corrected chi connectivity index (χ4v) is 4.30. The van der Waals surface area contributed by atoms with Gasteiger partial charge in [0.2, 0.25) is 5.91 Å². The van der Waals surface area contributed by atoms with E-state index in [1.165, 1.54) is 12.1 Å². The minimum Gasteiger partial charge on any atom is -0.364 e. The first-order valence-electron chi connectivity index (χ1n) is 11.2. The lowest BCUT2D eigenvalue weighted by Gasteiger charge is -2.32. The number of fused-ring (bicyclic) bond motifs is 1. The van der Waals surface area contributed by atoms with Crippen LogP contribution in [0.1, 0.15) is 35.6 Å². The summed E-state index contributed by atoms with van der Waals surface area (Å²) in [5.41, 5.74) is 3.64. The molecule has 4 heterocycles. The molecule has 1 aliphatic heterocycles. The van der Waals surface area contributed by atoms with Crippen molar-refractivity contribution in [2.24, 2.45) is 0 Å². The Balaban J connectivity index is 1.25. The Morgan fingerprint density at radius 2 is 1.91 bits per heavy atom. The van der Waals surface area contributed by atoms with Crippen molar-refractivity contribution in [3.8, 4) is 0 Å². The molecule has 0 radical (unpaired) electrons. The van der Waals surface area contributed by atoms with Gasteiger partial charge in [-0.3, -0.25) is 14.9 Å². The Labute approximate surface area is 191 Å². The molecule has 7 nitrogen and oxygen atoms in total. The smallest absolute Gasteiger partial charge is 0.227 e. The summed E-state index contributed by atoms with van der Waals surface area (Å²) >= 11 is 0. The van der Waals surface area contributed by atoms with Gasteiger partial charge in [-0.25, -0.2) is 9.37 Å². The number of nitrogens with zero attached hydrogens (tertiary/aromatic N) is 4. The van der Waals surface area contributed by atoms with Gasteiger partial charge in [0.25, 0.3) is 0 Å². The maximum absolute atomic E-state index is 13.1. The molecule has 1 amide bonds. The molecule has 2 N–H and O–H groups in total. The number of benzene rings is 1. The second-order valence-corrected chi connectivity index (χ2v) is 8.40. The van der Waals surface area contributed by atoms with Crippen molar-refractivity contribution in [3.05, 3.63) is 83.6 Å². The van der Waals surface area contributed by atoms with Gasteiger partial charge in [0.05, 0.1) is 11.8 Å². The van der Waals surface area contributed by atoms with Crippen LogP contribution in [0, 0.1) is 5.82 Å². The van der Waals surface area contributed by atoms with Crippen molar-refractivity contribution >= 4 is 22.8 Å². The number of carbonyl (C=O) groups excluding carboxylic acids is 1. The molecule has 1 saturated heterocycles. The van der Waals surface area contributed by atoms with E-state index >= 15 is 0 Å². The molecule has 5 rings (SSSR count). The molecule has 33 heavy (non-hydrogen) atoms. The van der Waals surface area contributed by atoms with Crippen molar-refractivity contribution in [3.63, 3.8) is 0 Å². The first-order valence-corrected chi connectivity index (χ1v) is 11.2. The van der Waals surface area contributed by atoms with Gasteiger partial charge in [0.15, 0.2) is 11.5 Å². The first kappa shape index (κ1) is 21.1. The molecule has 3 aromatic heterocycles. The second kappa shape index (κ2) is 9.36. The number of aromatic nitrogens is 4. The van der Waals surface area contributed by atoms with Crippen molar-refractivity contribution in [1.29, 1.82) is 0 Å². The lowest BCUT2D eigenvalue weighted by molar-refractivity contribution is -0.131. The minimum absolute atomic E-state index is 0.140. The minimum atomic E-state index is -0.249. The molecule has 0 spiro atoms. The number of hydrogen-bond donors (Lipinski definition) is 2. The molecule has 1 atom stereocenters. The van der Waals surface area contributed by atoms with E-state index in [9.17, 15) is 9.18 Å². The number of aromatic amines is 1. The third-order valence-corrected chi connectivity index (χ3v) is 6.12. The fraction of sp³-hybridized carbons (Fsp3) is 0.280. The van der Waals surface area contributed by atoms with Crippen molar-refractivity contribution in [2.45, 2.75) is 31.7 Å². The van der Waals surface area contributed by atoms with E-state index in [4.69, 9.17) is 4.98 Å². The summed E-state index contributed by atoms with van der Waals surface area (Å²) in [5, 5.41) is 11.6. The molecule has 0 unspecified atom stereocenters. The van der Waals surface area contributed by atoms with Crippen molar-refractivity contribution < 1.29 is 9.18 Å². The van der Waals surface area contributed by atoms with Gasteiger partial charge in [0.1, 0.15) is 5.82 Å². The fourth-order valence-electron chi connectivity index (χ4n) is 4.30. The number of rotatable bonds is 6. The van der Waals surface area contributed by atoms with E-state index < -0.39 is 0 Å². The number of nitrogens with one attached hydrogen (secondary N) is 2. The lowest BCUT2D eigenvalue weighted by atomic mass is 9.93. The molecule has 1 fully saturated rings. The van der Waals surface area contributed by atoms with Crippen LogP contribution in [0.2, 0.25) is 0 Å². The van der Waals surface area contributed by atoms with E-state index in [0.717, 1.165) is 41.6 Å². The average molecular weight is 445 g/mol. The predicted octanol–water partition coefficient (Wildman–Crippen LogP) is 4.05. The number of piperidine rings is 1. The Morgan fingerprint density at radius 1 is 1.09 bits per heavy atom. The second-order valence-electron chi connectivity index (χ2n) is 8.40. The van der Waals surface area contributed by atoms with Gasteiger partial charge in [0, 0.05) is 43.6 Å². The molecule has 168 valence electrons. The van der Waals surface area contributed by atoms with Crippen molar-refractivity contribution in [2.75, 3.05) is 18.4 Å². The van der Waals surface area contributed by atoms with Crippen molar-refractivity contribution in [1.82, 2.24) is 25.1 Å². The van der Waals surface area contributed by atoms with Crippen LogP contribution in [0.5, 0.6) is 0 Å². The summed E-state index contributed by atoms with van der Waals surface area (Å²) in [6.07, 6.45) is 5.79. The van der Waals surface area contributed by atoms with Crippen LogP contribution in [0.15, 0.2) is 60.9 Å². The summed E-state index contributed by atoms with van der Waals surface area (Å²) < 4.78 is 13.1. The third kappa shape index (κ3) is 4.84. The number of H-pyrrole nitrogens is 1. The predicted molar refractivity (Wildman–Crippen MR) is 124 cm³/mol. The Kier molecular flexibility index (Phi) is 5.97. The highest BCUT2D eigenvalue weighted by molar-refractivity contribution is 5.87. The van der Waals surface area contributed by atoms with Crippen LogP contribution in [0.25, 0.3) is 11.0 Å². The molecule has 8 heteroatoms. The first-order chi connectivity index (χ1) is 16.2. The van der Waals surface area contributed by atoms with Crippen LogP contribution < -0.4 is 5.32 Å². The normalized spacial score (nSPS) is 16.2. The van der Waals surface area contributed by atoms with E-state index in [1.54, 1.807) is 24.5 Å². The van der Waals surface area contributed by atoms with Crippen LogP contribution in [-0.2, 0) is 17.8 Å². The van der Waals surface area contributed by atoms with Gasteiger partial charge >= 0.3 is 0 Å². The molecule has 1 aliphatic rings. The van der Waals surface area contributed by atoms with E-state index in [2.05, 4.69) is 20.5 Å². The quantitative estimate of drug-likeness (QED) is 0.469. The third-order valence-electron chi connectivity index (χ3n) is 6.12. The van der Waals surface area contributed by atoms with E-state index in [1.807, 2.05) is 29.2 Å². The summed E-state index contributed by atoms with van der Waals surface area (Å²) in [7, 11) is 0. The number of pyridine rings is 2. The van der Waals surface area contributed by atoms with Gasteiger partial charge in [-0.2, -0.15) is 5.10 Å². The number of amides is 1. The highest BCUT2D eigenvalue weighted by atomic mass is 19.1. The maximum atomic E-state index is 13.1. The topological polar surface area (TPSA) is 86.8 Å². The highest BCUT2D eigenvalue weighted by Gasteiger charge is 2.26. The molecule has 0 bridgehead atoms. The lowest BCUT2D eigenvalue weighted by Crippen LogP contribution is -2.40. The number of anilines is 1. The zero-order valence-electron chi connectivity index (χ0n) is 18.2. The van der Waals surface area contributed by atoms with Crippen LogP contribution in [0.4, 0.5) is 10.2 Å². The highest BCUT2D eigenvalue weighted by Crippen LogP contribution is 2.29. The standard InChI is InChI=1S/C25H25FN6O/c26-20-5-3-18(4-6-20)15-28-24-21-7-8-22(29-25(21)31-30-24)19-2-1-13-32(16-19)23(33)14-17-9-11-27-12-10-17/h3-12,19H,1-2,13-16H2,(H2,28,29,30,31)/t19-/m1/s1. The van der Waals surface area contributed by atoms with Crippen LogP contribution in [0.3, 0.4) is 0 Å². The van der Waals surface area contributed by atoms with Gasteiger partial charge in [-0.1, -0.05) is 12.1 Å². The number of likely N-dealkylation sites (tertiary alicyclic amines) is 1. The van der Waals surface area contributed by atoms with Gasteiger partial charge < -0.3 is 10.2 Å². The number of hydrogen-bond acceptors (Lipinski definition) is 5. The van der Waals surface area contributed by atoms with Crippen LogP contribution in [-0.4, -0.2) is 44.1 Å². The molecule has 1 aromatic carbocycles. The Hall–Kier alpha value is -3.81. The molecule has 0 saturated carbocycles. The number of halogens is 1. The van der Waals surface area contributed by atoms with Gasteiger partial charge in [-0.05, 0) is 60.4 Å². The van der Waals surface area contributed by atoms with E-state index in [-0.39, 0.29) is 17.6 Å². The van der Waals surface area contributed by atoms with Crippen LogP contribution >= 0.6 is 0 Å². The molecular formula is C25H25FN6O. The average Bonchev–Trinajstić information content (AvgIpc) is 3.26. The largest absolute Gasteiger partial charge is 0.364 e. The molecular weight excluding hydrogens is 419 g/mol. The monoisotopic (exact) mass is 444 g/mol. The Bertz CT molecular complexity index is 1240. The SMILES string of the molecule is O=C(Cc1ccncc1)N1CCC[C@@H](c2ccc3c(NCc4ccc(F)cc4)n[nH]c3n2)C1. The zero-order chi connectivity index (χ0) is 22.6. The molecule has 4 aromatic rings. The number of carbonyl (C=O) groups is 1. The summed E-state index contributed by atoms with van der Waals surface area (Å²) in [4.78, 5) is 23.6. The summed E-state index contributed by atoms with van der Waals surface area (Å²) in [6.45, 7) is 2.00. The van der Waals surface area contributed by atoms with Gasteiger partial charge in [-0.15, -0.1) is 0 Å². The zero-order valence-corrected chi connectivity index (χ0v) is 18.2. The van der Waals surface area contributed by atoms with E-state index in [0.29, 0.717) is 31.0 Å². The molecule has 0 aliphatic carbocycles. The maximum Gasteiger partial charge on any atom is 0.227 e. The summed E-state index contributed by atoms with van der Waals surface area (Å²) in [6, 6.07) is 14.2.